The number of hydrogen-bond acceptors (Lipinski definition) is 6. The number of cyclic esters (lactones) is 1. The summed E-state index contributed by atoms with van der Waals surface area (Å²) in [6.07, 6.45) is 5.88. The number of fused-ring (bicyclic) bond motifs is 1. The number of rotatable bonds is 6. The Labute approximate surface area is 161 Å². The first kappa shape index (κ1) is 21.4. The summed E-state index contributed by atoms with van der Waals surface area (Å²) >= 11 is 0. The first-order valence-electron chi connectivity index (χ1n) is 9.33. The second kappa shape index (κ2) is 11.1. The van der Waals surface area contributed by atoms with Crippen LogP contribution in [0.3, 0.4) is 0 Å². The van der Waals surface area contributed by atoms with E-state index in [2.05, 4.69) is 19.1 Å². The summed E-state index contributed by atoms with van der Waals surface area (Å²) in [5.74, 6) is 0.278. The van der Waals surface area contributed by atoms with E-state index in [4.69, 9.17) is 18.9 Å². The van der Waals surface area contributed by atoms with Gasteiger partial charge in [-0.25, -0.2) is 4.79 Å². The highest BCUT2D eigenvalue weighted by molar-refractivity contribution is 5.94. The van der Waals surface area contributed by atoms with Gasteiger partial charge in [0.25, 0.3) is 0 Å². The Morgan fingerprint density at radius 2 is 2.07 bits per heavy atom. The third-order valence-electron chi connectivity index (χ3n) is 4.80. The van der Waals surface area contributed by atoms with Gasteiger partial charge in [-0.05, 0) is 30.4 Å². The number of carbonyl (C=O) groups excluding carboxylic acids is 1. The minimum Gasteiger partial charge on any atom is -0.496 e. The molecular weight excluding hydrogens is 348 g/mol. The Bertz CT molecular complexity index is 627. The number of esters is 1. The quantitative estimate of drug-likeness (QED) is 0.466. The average Bonchev–Trinajstić information content (AvgIpc) is 2.67. The van der Waals surface area contributed by atoms with E-state index in [1.54, 1.807) is 13.2 Å². The predicted octanol–water partition coefficient (Wildman–Crippen LogP) is 3.12. The molecule has 1 aliphatic heterocycles. The molecule has 0 saturated heterocycles. The maximum Gasteiger partial charge on any atom is 0.342 e. The summed E-state index contributed by atoms with van der Waals surface area (Å²) in [5, 5.41) is 9.42. The lowest BCUT2D eigenvalue weighted by Crippen LogP contribution is -2.31. The monoisotopic (exact) mass is 378 g/mol. The lowest BCUT2D eigenvalue weighted by molar-refractivity contribution is -0.104. The number of hydrogen-bond donors (Lipinski definition) is 1. The van der Waals surface area contributed by atoms with Gasteiger partial charge >= 0.3 is 5.97 Å². The molecule has 3 atom stereocenters. The van der Waals surface area contributed by atoms with E-state index < -0.39 is 12.1 Å². The number of ether oxygens (including phenoxy) is 4. The van der Waals surface area contributed by atoms with Crippen molar-refractivity contribution >= 4 is 5.97 Å². The molecule has 0 spiro atoms. The molecule has 0 radical (unpaired) electrons. The molecule has 1 aromatic rings. The van der Waals surface area contributed by atoms with Crippen LogP contribution >= 0.6 is 0 Å². The van der Waals surface area contributed by atoms with Crippen molar-refractivity contribution in [2.75, 3.05) is 27.6 Å². The van der Waals surface area contributed by atoms with Gasteiger partial charge in [-0.3, -0.25) is 0 Å². The molecule has 0 aliphatic carbocycles. The Kier molecular flexibility index (Phi) is 8.78. The van der Waals surface area contributed by atoms with Crippen molar-refractivity contribution in [1.29, 1.82) is 0 Å². The van der Waals surface area contributed by atoms with Crippen LogP contribution in [0.1, 0.15) is 42.1 Å². The SMILES string of the molecule is COCO[C@@H]1C[C@H](CCO)OC(=O)c2c(cccc2OC)C/C=C/C[C@@H]1C. The summed E-state index contributed by atoms with van der Waals surface area (Å²) in [7, 11) is 3.12. The highest BCUT2D eigenvalue weighted by atomic mass is 16.7. The third kappa shape index (κ3) is 6.06. The Balaban J connectivity index is 2.34. The average molecular weight is 378 g/mol. The maximum atomic E-state index is 12.9. The molecular formula is C21H30O6. The van der Waals surface area contributed by atoms with Crippen molar-refractivity contribution in [3.8, 4) is 5.75 Å². The van der Waals surface area contributed by atoms with Crippen LogP contribution < -0.4 is 4.74 Å². The van der Waals surface area contributed by atoms with Crippen LogP contribution in [-0.4, -0.2) is 50.9 Å². The van der Waals surface area contributed by atoms with Gasteiger partial charge in [0, 0.05) is 26.6 Å². The first-order valence-corrected chi connectivity index (χ1v) is 9.33. The zero-order valence-corrected chi connectivity index (χ0v) is 16.3. The topological polar surface area (TPSA) is 74.2 Å². The predicted molar refractivity (Wildman–Crippen MR) is 102 cm³/mol. The van der Waals surface area contributed by atoms with E-state index in [9.17, 15) is 9.90 Å². The summed E-state index contributed by atoms with van der Waals surface area (Å²) in [4.78, 5) is 12.9. The second-order valence-electron chi connectivity index (χ2n) is 6.77. The highest BCUT2D eigenvalue weighted by Gasteiger charge is 2.27. The van der Waals surface area contributed by atoms with E-state index in [0.29, 0.717) is 30.6 Å². The van der Waals surface area contributed by atoms with Crippen molar-refractivity contribution < 1.29 is 28.8 Å². The molecule has 0 aromatic heterocycles. The van der Waals surface area contributed by atoms with E-state index >= 15 is 0 Å². The summed E-state index contributed by atoms with van der Waals surface area (Å²) < 4.78 is 22.0. The zero-order chi connectivity index (χ0) is 19.6. The van der Waals surface area contributed by atoms with Crippen LogP contribution in [0.15, 0.2) is 30.4 Å². The van der Waals surface area contributed by atoms with Crippen LogP contribution in [0, 0.1) is 5.92 Å². The van der Waals surface area contributed by atoms with Crippen LogP contribution in [0.4, 0.5) is 0 Å². The molecule has 6 nitrogen and oxygen atoms in total. The molecule has 0 unspecified atom stereocenters. The Morgan fingerprint density at radius 1 is 1.26 bits per heavy atom. The van der Waals surface area contributed by atoms with Crippen molar-refractivity contribution in [3.05, 3.63) is 41.5 Å². The first-order chi connectivity index (χ1) is 13.1. The molecule has 1 heterocycles. The van der Waals surface area contributed by atoms with Gasteiger partial charge in [-0.1, -0.05) is 31.2 Å². The molecule has 0 fully saturated rings. The van der Waals surface area contributed by atoms with Gasteiger partial charge < -0.3 is 24.1 Å². The van der Waals surface area contributed by atoms with Crippen LogP contribution in [0.2, 0.25) is 0 Å². The number of benzene rings is 1. The van der Waals surface area contributed by atoms with E-state index in [0.717, 1.165) is 12.0 Å². The Hall–Kier alpha value is -1.89. The highest BCUT2D eigenvalue weighted by Crippen LogP contribution is 2.27. The van der Waals surface area contributed by atoms with Crippen LogP contribution in [-0.2, 0) is 20.6 Å². The van der Waals surface area contributed by atoms with E-state index in [1.165, 1.54) is 7.11 Å². The van der Waals surface area contributed by atoms with Gasteiger partial charge in [0.1, 0.15) is 24.2 Å². The van der Waals surface area contributed by atoms with Gasteiger partial charge in [0.15, 0.2) is 0 Å². The van der Waals surface area contributed by atoms with E-state index in [1.807, 2.05) is 12.1 Å². The molecule has 27 heavy (non-hydrogen) atoms. The van der Waals surface area contributed by atoms with Crippen LogP contribution in [0.25, 0.3) is 0 Å². The number of carbonyl (C=O) groups is 1. The second-order valence-corrected chi connectivity index (χ2v) is 6.77. The molecule has 1 aliphatic rings. The number of aliphatic hydroxyl groups excluding tert-OH is 1. The molecule has 150 valence electrons. The normalized spacial score (nSPS) is 24.9. The molecule has 0 amide bonds. The fraction of sp³-hybridized carbons (Fsp3) is 0.571. The fourth-order valence-electron chi connectivity index (χ4n) is 3.28. The smallest absolute Gasteiger partial charge is 0.342 e. The van der Waals surface area contributed by atoms with Gasteiger partial charge in [0.2, 0.25) is 0 Å². The molecule has 1 aromatic carbocycles. The van der Waals surface area contributed by atoms with Gasteiger partial charge in [-0.15, -0.1) is 0 Å². The zero-order valence-electron chi connectivity index (χ0n) is 16.3. The van der Waals surface area contributed by atoms with Crippen molar-refractivity contribution in [3.63, 3.8) is 0 Å². The number of aliphatic hydroxyl groups is 1. The van der Waals surface area contributed by atoms with Gasteiger partial charge in [-0.2, -0.15) is 0 Å². The van der Waals surface area contributed by atoms with Crippen molar-refractivity contribution in [1.82, 2.24) is 0 Å². The summed E-state index contributed by atoms with van der Waals surface area (Å²) in [6.45, 7) is 2.21. The maximum absolute atomic E-state index is 12.9. The number of methoxy groups -OCH3 is 2. The van der Waals surface area contributed by atoms with Gasteiger partial charge in [0.05, 0.1) is 13.2 Å². The lowest BCUT2D eigenvalue weighted by Gasteiger charge is -2.28. The Morgan fingerprint density at radius 3 is 2.78 bits per heavy atom. The minimum atomic E-state index is -0.451. The van der Waals surface area contributed by atoms with Crippen molar-refractivity contribution in [2.24, 2.45) is 5.92 Å². The molecule has 1 N–H and O–H groups in total. The molecule has 0 saturated carbocycles. The van der Waals surface area contributed by atoms with Crippen LogP contribution in [0.5, 0.6) is 5.75 Å². The minimum absolute atomic E-state index is 0.0675. The lowest BCUT2D eigenvalue weighted by atomic mass is 9.93. The van der Waals surface area contributed by atoms with E-state index in [-0.39, 0.29) is 25.4 Å². The standard InChI is InChI=1S/C21H30O6/c1-15-7-4-5-8-16-9-6-10-18(25-3)20(16)21(23)27-17(11-12-22)13-19(15)26-14-24-2/h4-6,9-10,15,17,19,22H,7-8,11-14H2,1-3H3/b5-4+/t15-,17-,19+/m0/s1. The molecule has 6 heteroatoms. The third-order valence-corrected chi connectivity index (χ3v) is 4.80. The largest absolute Gasteiger partial charge is 0.496 e. The molecule has 2 rings (SSSR count). The number of allylic oxidation sites excluding steroid dienone is 2. The van der Waals surface area contributed by atoms with Crippen molar-refractivity contribution in [2.45, 2.75) is 44.8 Å². The molecule has 0 bridgehead atoms. The summed E-state index contributed by atoms with van der Waals surface area (Å²) in [6, 6.07) is 5.53. The fourth-order valence-corrected chi connectivity index (χ4v) is 3.28. The summed E-state index contributed by atoms with van der Waals surface area (Å²) in [5.41, 5.74) is 1.30.